The van der Waals surface area contributed by atoms with E-state index in [9.17, 15) is 13.2 Å². The average Bonchev–Trinajstić information content (AvgIpc) is 2.67. The highest BCUT2D eigenvalue weighted by Crippen LogP contribution is 2.31. The predicted molar refractivity (Wildman–Crippen MR) is 93.2 cm³/mol. The molecule has 1 aliphatic heterocycles. The van der Waals surface area contributed by atoms with Gasteiger partial charge in [-0.1, -0.05) is 0 Å². The lowest BCUT2D eigenvalue weighted by Gasteiger charge is -2.37. The molecule has 1 aromatic carbocycles. The first-order valence-electron chi connectivity index (χ1n) is 8.24. The highest BCUT2D eigenvalue weighted by atomic mass is 19.4. The second kappa shape index (κ2) is 6.44. The standard InChI is InChI=1S/C18H16F3N5/c19-18(20,21)13-1-3-14(4-2-13)25-7-9-26(10-8-25)17-15-5-6-22-11-16(15)23-12-24-17/h1-6,11-12H,7-10H2. The highest BCUT2D eigenvalue weighted by Gasteiger charge is 2.30. The third kappa shape index (κ3) is 3.14. The molecule has 134 valence electrons. The zero-order chi connectivity index (χ0) is 18.1. The molecule has 3 aromatic rings. The number of aromatic nitrogens is 3. The van der Waals surface area contributed by atoms with Crippen LogP contribution in [0.1, 0.15) is 5.56 Å². The second-order valence-electron chi connectivity index (χ2n) is 6.11. The van der Waals surface area contributed by atoms with Crippen LogP contribution in [0.3, 0.4) is 0 Å². The maximum atomic E-state index is 12.7. The quantitative estimate of drug-likeness (QED) is 0.702. The van der Waals surface area contributed by atoms with Crippen LogP contribution in [0.15, 0.2) is 49.1 Å². The normalized spacial score (nSPS) is 15.5. The molecular weight excluding hydrogens is 343 g/mol. The van der Waals surface area contributed by atoms with Gasteiger partial charge < -0.3 is 9.80 Å². The number of fused-ring (bicyclic) bond motifs is 1. The van der Waals surface area contributed by atoms with E-state index in [4.69, 9.17) is 0 Å². The van der Waals surface area contributed by atoms with E-state index >= 15 is 0 Å². The van der Waals surface area contributed by atoms with Crippen LogP contribution in [0.25, 0.3) is 10.9 Å². The van der Waals surface area contributed by atoms with Crippen molar-refractivity contribution in [2.45, 2.75) is 6.18 Å². The molecule has 0 atom stereocenters. The van der Waals surface area contributed by atoms with Gasteiger partial charge in [0.15, 0.2) is 0 Å². The van der Waals surface area contributed by atoms with Crippen molar-refractivity contribution in [2.24, 2.45) is 0 Å². The molecule has 3 heterocycles. The number of hydrogen-bond acceptors (Lipinski definition) is 5. The number of benzene rings is 1. The number of pyridine rings is 1. The molecule has 8 heteroatoms. The summed E-state index contributed by atoms with van der Waals surface area (Å²) in [4.78, 5) is 17.0. The van der Waals surface area contributed by atoms with E-state index in [2.05, 4.69) is 24.8 Å². The molecular formula is C18H16F3N5. The molecule has 5 nitrogen and oxygen atoms in total. The van der Waals surface area contributed by atoms with Gasteiger partial charge in [-0.05, 0) is 30.3 Å². The Hall–Kier alpha value is -2.90. The number of nitrogens with zero attached hydrogens (tertiary/aromatic N) is 5. The van der Waals surface area contributed by atoms with E-state index in [-0.39, 0.29) is 0 Å². The van der Waals surface area contributed by atoms with E-state index < -0.39 is 11.7 Å². The fourth-order valence-corrected chi connectivity index (χ4v) is 3.18. The van der Waals surface area contributed by atoms with E-state index in [1.807, 2.05) is 6.07 Å². The number of rotatable bonds is 2. The van der Waals surface area contributed by atoms with Gasteiger partial charge >= 0.3 is 6.18 Å². The lowest BCUT2D eigenvalue weighted by Crippen LogP contribution is -2.46. The monoisotopic (exact) mass is 359 g/mol. The maximum Gasteiger partial charge on any atom is 0.416 e. The van der Waals surface area contributed by atoms with Crippen LogP contribution in [0, 0.1) is 0 Å². The maximum absolute atomic E-state index is 12.7. The smallest absolute Gasteiger partial charge is 0.368 e. The van der Waals surface area contributed by atoms with Gasteiger partial charge in [0.1, 0.15) is 12.1 Å². The minimum Gasteiger partial charge on any atom is -0.368 e. The summed E-state index contributed by atoms with van der Waals surface area (Å²) >= 11 is 0. The van der Waals surface area contributed by atoms with Crippen molar-refractivity contribution in [3.8, 4) is 0 Å². The van der Waals surface area contributed by atoms with E-state index in [0.29, 0.717) is 13.1 Å². The molecule has 0 amide bonds. The van der Waals surface area contributed by atoms with Gasteiger partial charge in [-0.15, -0.1) is 0 Å². The van der Waals surface area contributed by atoms with Gasteiger partial charge in [0, 0.05) is 43.4 Å². The first kappa shape index (κ1) is 16.6. The number of alkyl halides is 3. The molecule has 0 N–H and O–H groups in total. The number of hydrogen-bond donors (Lipinski definition) is 0. The molecule has 1 saturated heterocycles. The minimum atomic E-state index is -4.31. The van der Waals surface area contributed by atoms with Crippen LogP contribution in [-0.2, 0) is 6.18 Å². The van der Waals surface area contributed by atoms with Crippen molar-refractivity contribution in [3.05, 3.63) is 54.6 Å². The first-order valence-corrected chi connectivity index (χ1v) is 8.24. The largest absolute Gasteiger partial charge is 0.416 e. The van der Waals surface area contributed by atoms with Gasteiger partial charge in [0.2, 0.25) is 0 Å². The Morgan fingerprint density at radius 1 is 0.846 bits per heavy atom. The summed E-state index contributed by atoms with van der Waals surface area (Å²) in [5.74, 6) is 0.865. The Kier molecular flexibility index (Phi) is 4.10. The Morgan fingerprint density at radius 2 is 1.54 bits per heavy atom. The van der Waals surface area contributed by atoms with Crippen LogP contribution in [0.4, 0.5) is 24.7 Å². The Labute approximate surface area is 148 Å². The van der Waals surface area contributed by atoms with Gasteiger partial charge in [0.05, 0.1) is 17.3 Å². The fourth-order valence-electron chi connectivity index (χ4n) is 3.18. The zero-order valence-corrected chi connectivity index (χ0v) is 13.8. The van der Waals surface area contributed by atoms with E-state index in [1.165, 1.54) is 18.5 Å². The minimum absolute atomic E-state index is 0.624. The van der Waals surface area contributed by atoms with Gasteiger partial charge in [0.25, 0.3) is 0 Å². The molecule has 2 aromatic heterocycles. The molecule has 1 aliphatic rings. The highest BCUT2D eigenvalue weighted by molar-refractivity contribution is 5.88. The Morgan fingerprint density at radius 3 is 2.23 bits per heavy atom. The van der Waals surface area contributed by atoms with Crippen molar-refractivity contribution in [1.82, 2.24) is 15.0 Å². The van der Waals surface area contributed by atoms with Crippen molar-refractivity contribution < 1.29 is 13.2 Å². The number of halogens is 3. The number of piperazine rings is 1. The first-order chi connectivity index (χ1) is 12.5. The molecule has 0 aliphatic carbocycles. The summed E-state index contributed by atoms with van der Waals surface area (Å²) in [7, 11) is 0. The molecule has 4 rings (SSSR count). The van der Waals surface area contributed by atoms with Gasteiger partial charge in [-0.25, -0.2) is 9.97 Å². The fraction of sp³-hybridized carbons (Fsp3) is 0.278. The summed E-state index contributed by atoms with van der Waals surface area (Å²) in [6, 6.07) is 7.22. The molecule has 26 heavy (non-hydrogen) atoms. The lowest BCUT2D eigenvalue weighted by molar-refractivity contribution is -0.137. The third-order valence-electron chi connectivity index (χ3n) is 4.56. The van der Waals surface area contributed by atoms with Crippen LogP contribution >= 0.6 is 0 Å². The molecule has 0 unspecified atom stereocenters. The van der Waals surface area contributed by atoms with Crippen LogP contribution < -0.4 is 9.80 Å². The van der Waals surface area contributed by atoms with Crippen molar-refractivity contribution in [2.75, 3.05) is 36.0 Å². The van der Waals surface area contributed by atoms with E-state index in [1.54, 1.807) is 12.4 Å². The molecule has 0 radical (unpaired) electrons. The lowest BCUT2D eigenvalue weighted by atomic mass is 10.1. The third-order valence-corrected chi connectivity index (χ3v) is 4.56. The summed E-state index contributed by atoms with van der Waals surface area (Å²) in [6.45, 7) is 2.88. The molecule has 0 spiro atoms. The Bertz CT molecular complexity index is 897. The molecule has 1 fully saturated rings. The van der Waals surface area contributed by atoms with Crippen molar-refractivity contribution >= 4 is 22.4 Å². The van der Waals surface area contributed by atoms with E-state index in [0.717, 1.165) is 47.6 Å². The summed E-state index contributed by atoms with van der Waals surface area (Å²) in [5.41, 5.74) is 0.970. The molecule has 0 bridgehead atoms. The number of anilines is 2. The van der Waals surface area contributed by atoms with Crippen LogP contribution in [0.2, 0.25) is 0 Å². The van der Waals surface area contributed by atoms with Gasteiger partial charge in [-0.3, -0.25) is 4.98 Å². The summed E-state index contributed by atoms with van der Waals surface area (Å²) < 4.78 is 38.1. The SMILES string of the molecule is FC(F)(F)c1ccc(N2CCN(c3ncnc4cnccc34)CC2)cc1. The summed E-state index contributed by atoms with van der Waals surface area (Å²) in [5, 5.41) is 0.950. The van der Waals surface area contributed by atoms with Crippen LogP contribution in [-0.4, -0.2) is 41.1 Å². The molecule has 0 saturated carbocycles. The summed E-state index contributed by atoms with van der Waals surface area (Å²) in [6.07, 6.45) is 0.647. The van der Waals surface area contributed by atoms with Crippen LogP contribution in [0.5, 0.6) is 0 Å². The average molecular weight is 359 g/mol. The van der Waals surface area contributed by atoms with Crippen molar-refractivity contribution in [3.63, 3.8) is 0 Å². The van der Waals surface area contributed by atoms with Gasteiger partial charge in [-0.2, -0.15) is 13.2 Å². The van der Waals surface area contributed by atoms with Crippen molar-refractivity contribution in [1.29, 1.82) is 0 Å². The topological polar surface area (TPSA) is 45.2 Å². The predicted octanol–water partition coefficient (Wildman–Crippen LogP) is 3.37. The Balaban J connectivity index is 1.49. The second-order valence-corrected chi connectivity index (χ2v) is 6.11. The zero-order valence-electron chi connectivity index (χ0n) is 13.8.